The van der Waals surface area contributed by atoms with Crippen molar-refractivity contribution in [1.29, 1.82) is 0 Å². The maximum atomic E-state index is 9.35. The van der Waals surface area contributed by atoms with E-state index < -0.39 is 0 Å². The summed E-state index contributed by atoms with van der Waals surface area (Å²) in [6.07, 6.45) is 0. The molecule has 0 aliphatic heterocycles. The smallest absolute Gasteiger partial charge is 0.258 e. The number of hydrogen-bond donors (Lipinski definition) is 1. The number of aryl methyl sites for hydroxylation is 1. The summed E-state index contributed by atoms with van der Waals surface area (Å²) in [5, 5.41) is 13.4. The fourth-order valence-corrected chi connectivity index (χ4v) is 2.48. The Hall–Kier alpha value is -3.60. The highest BCUT2D eigenvalue weighted by atomic mass is 16.5. The van der Waals surface area contributed by atoms with Crippen LogP contribution < -0.4 is 4.74 Å². The Kier molecular flexibility index (Phi) is 6.07. The fraction of sp³-hybridized carbons (Fsp3) is 0.130. The molecule has 142 valence electrons. The van der Waals surface area contributed by atoms with Gasteiger partial charge in [-0.1, -0.05) is 36.7 Å². The Morgan fingerprint density at radius 2 is 1.29 bits per heavy atom. The summed E-state index contributed by atoms with van der Waals surface area (Å²) >= 11 is 0. The normalized spacial score (nSPS) is 10.1. The molecule has 0 aliphatic carbocycles. The number of phenolic OH excluding ortho intramolecular Hbond substituents is 1. The Labute approximate surface area is 164 Å². The third-order valence-electron chi connectivity index (χ3n) is 3.91. The van der Waals surface area contributed by atoms with Crippen molar-refractivity contribution in [3.8, 4) is 40.1 Å². The Morgan fingerprint density at radius 1 is 0.750 bits per heavy atom. The van der Waals surface area contributed by atoms with Gasteiger partial charge in [0.25, 0.3) is 5.89 Å². The third kappa shape index (κ3) is 4.57. The molecule has 0 aliphatic rings. The summed E-state index contributed by atoms with van der Waals surface area (Å²) in [7, 11) is 0. The van der Waals surface area contributed by atoms with Gasteiger partial charge in [0.1, 0.15) is 17.2 Å². The molecule has 0 radical (unpaired) electrons. The standard InChI is InChI=1S/C21H16N2O3.C2H6/c1-14-2-10-18(11-3-14)25-19-12-6-15(7-13-19)20-22-21(26-23-20)16-4-8-17(24)9-5-16;1-2/h2-13,24H,1H3;1-2H3. The summed E-state index contributed by atoms with van der Waals surface area (Å²) in [5.41, 5.74) is 2.77. The molecule has 28 heavy (non-hydrogen) atoms. The molecule has 4 aromatic rings. The maximum Gasteiger partial charge on any atom is 0.258 e. The van der Waals surface area contributed by atoms with Gasteiger partial charge in [0.2, 0.25) is 5.82 Å². The lowest BCUT2D eigenvalue weighted by Crippen LogP contribution is -1.85. The second-order valence-corrected chi connectivity index (χ2v) is 5.91. The molecule has 4 rings (SSSR count). The molecule has 0 bridgehead atoms. The van der Waals surface area contributed by atoms with Crippen LogP contribution in [-0.4, -0.2) is 15.2 Å². The van der Waals surface area contributed by atoms with Crippen LogP contribution in [0.5, 0.6) is 17.2 Å². The zero-order valence-electron chi connectivity index (χ0n) is 16.1. The van der Waals surface area contributed by atoms with E-state index in [9.17, 15) is 5.11 Å². The highest BCUT2D eigenvalue weighted by Crippen LogP contribution is 2.27. The van der Waals surface area contributed by atoms with Crippen molar-refractivity contribution >= 4 is 0 Å². The van der Waals surface area contributed by atoms with E-state index in [0.717, 1.165) is 22.6 Å². The molecule has 0 amide bonds. The minimum absolute atomic E-state index is 0.192. The highest BCUT2D eigenvalue weighted by Gasteiger charge is 2.11. The Balaban J connectivity index is 0.00000109. The highest BCUT2D eigenvalue weighted by molar-refractivity contribution is 5.61. The van der Waals surface area contributed by atoms with Gasteiger partial charge >= 0.3 is 0 Å². The number of benzene rings is 3. The number of ether oxygens (including phenoxy) is 1. The zero-order valence-corrected chi connectivity index (χ0v) is 16.1. The Morgan fingerprint density at radius 3 is 1.89 bits per heavy atom. The van der Waals surface area contributed by atoms with E-state index in [2.05, 4.69) is 10.1 Å². The van der Waals surface area contributed by atoms with Crippen molar-refractivity contribution in [2.24, 2.45) is 0 Å². The monoisotopic (exact) mass is 374 g/mol. The van der Waals surface area contributed by atoms with Crippen LogP contribution in [0.4, 0.5) is 0 Å². The van der Waals surface area contributed by atoms with E-state index in [1.807, 2.05) is 69.3 Å². The topological polar surface area (TPSA) is 68.4 Å². The van der Waals surface area contributed by atoms with E-state index in [1.54, 1.807) is 24.3 Å². The molecule has 0 saturated heterocycles. The van der Waals surface area contributed by atoms with Gasteiger partial charge in [-0.05, 0) is 67.6 Å². The predicted octanol–water partition coefficient (Wildman–Crippen LogP) is 6.24. The molecular formula is C23H22N2O3. The number of phenols is 1. The van der Waals surface area contributed by atoms with Crippen LogP contribution in [0, 0.1) is 6.92 Å². The second kappa shape index (κ2) is 8.86. The quantitative estimate of drug-likeness (QED) is 0.458. The van der Waals surface area contributed by atoms with E-state index in [0.29, 0.717) is 11.7 Å². The van der Waals surface area contributed by atoms with Crippen LogP contribution in [0.25, 0.3) is 22.8 Å². The molecule has 0 saturated carbocycles. The average molecular weight is 374 g/mol. The summed E-state index contributed by atoms with van der Waals surface area (Å²) in [6, 6.07) is 22.0. The van der Waals surface area contributed by atoms with Gasteiger partial charge < -0.3 is 14.4 Å². The van der Waals surface area contributed by atoms with Crippen molar-refractivity contribution in [2.45, 2.75) is 20.8 Å². The molecule has 5 nitrogen and oxygen atoms in total. The first-order valence-corrected chi connectivity index (χ1v) is 9.15. The van der Waals surface area contributed by atoms with Crippen LogP contribution in [0.15, 0.2) is 77.3 Å². The Bertz CT molecular complexity index is 1010. The minimum atomic E-state index is 0.192. The second-order valence-electron chi connectivity index (χ2n) is 5.91. The third-order valence-corrected chi connectivity index (χ3v) is 3.91. The lowest BCUT2D eigenvalue weighted by molar-refractivity contribution is 0.432. The van der Waals surface area contributed by atoms with E-state index in [4.69, 9.17) is 9.26 Å². The molecular weight excluding hydrogens is 352 g/mol. The van der Waals surface area contributed by atoms with Crippen LogP contribution >= 0.6 is 0 Å². The number of aromatic nitrogens is 2. The van der Waals surface area contributed by atoms with Crippen LogP contribution in [-0.2, 0) is 0 Å². The number of aromatic hydroxyl groups is 1. The van der Waals surface area contributed by atoms with Crippen molar-refractivity contribution in [3.05, 3.63) is 78.4 Å². The van der Waals surface area contributed by atoms with Gasteiger partial charge in [-0.15, -0.1) is 0 Å². The van der Waals surface area contributed by atoms with Gasteiger partial charge in [0.15, 0.2) is 0 Å². The summed E-state index contributed by atoms with van der Waals surface area (Å²) in [6.45, 7) is 6.04. The van der Waals surface area contributed by atoms with Gasteiger partial charge in [-0.25, -0.2) is 0 Å². The predicted molar refractivity (Wildman–Crippen MR) is 109 cm³/mol. The molecule has 5 heteroatoms. The lowest BCUT2D eigenvalue weighted by atomic mass is 10.2. The van der Waals surface area contributed by atoms with Gasteiger partial charge in [0, 0.05) is 11.1 Å². The number of nitrogens with zero attached hydrogens (tertiary/aromatic N) is 2. The molecule has 0 fully saturated rings. The lowest BCUT2D eigenvalue weighted by Gasteiger charge is -2.06. The fourth-order valence-electron chi connectivity index (χ4n) is 2.48. The molecule has 0 unspecified atom stereocenters. The largest absolute Gasteiger partial charge is 0.508 e. The van der Waals surface area contributed by atoms with Crippen molar-refractivity contribution in [1.82, 2.24) is 10.1 Å². The summed E-state index contributed by atoms with van der Waals surface area (Å²) in [4.78, 5) is 4.40. The van der Waals surface area contributed by atoms with Gasteiger partial charge in [-0.3, -0.25) is 0 Å². The van der Waals surface area contributed by atoms with Crippen molar-refractivity contribution < 1.29 is 14.4 Å². The maximum absolute atomic E-state index is 9.35. The van der Waals surface area contributed by atoms with Crippen LogP contribution in [0.2, 0.25) is 0 Å². The summed E-state index contributed by atoms with van der Waals surface area (Å²) in [5.74, 6) is 2.62. The molecule has 1 heterocycles. The average Bonchev–Trinajstić information content (AvgIpc) is 3.23. The zero-order chi connectivity index (χ0) is 19.9. The van der Waals surface area contributed by atoms with Gasteiger partial charge in [-0.2, -0.15) is 4.98 Å². The van der Waals surface area contributed by atoms with Crippen molar-refractivity contribution in [3.63, 3.8) is 0 Å². The molecule has 1 N–H and O–H groups in total. The van der Waals surface area contributed by atoms with Gasteiger partial charge in [0.05, 0.1) is 0 Å². The molecule has 0 atom stereocenters. The van der Waals surface area contributed by atoms with E-state index in [-0.39, 0.29) is 5.75 Å². The van der Waals surface area contributed by atoms with Crippen LogP contribution in [0.3, 0.4) is 0 Å². The number of rotatable bonds is 4. The van der Waals surface area contributed by atoms with Crippen LogP contribution in [0.1, 0.15) is 19.4 Å². The first-order chi connectivity index (χ1) is 13.7. The SMILES string of the molecule is CC.Cc1ccc(Oc2ccc(-c3noc(-c4ccc(O)cc4)n3)cc2)cc1. The molecule has 0 spiro atoms. The van der Waals surface area contributed by atoms with Crippen molar-refractivity contribution in [2.75, 3.05) is 0 Å². The first-order valence-electron chi connectivity index (χ1n) is 9.15. The first kappa shape index (κ1) is 19.2. The molecule has 3 aromatic carbocycles. The van der Waals surface area contributed by atoms with E-state index >= 15 is 0 Å². The summed E-state index contributed by atoms with van der Waals surface area (Å²) < 4.78 is 11.1. The van der Waals surface area contributed by atoms with E-state index in [1.165, 1.54) is 5.56 Å². The minimum Gasteiger partial charge on any atom is -0.508 e. The molecule has 1 aromatic heterocycles. The number of hydrogen-bond acceptors (Lipinski definition) is 5.